The average molecular weight is 486 g/mol. The molecular formula is C23H20ClN3O3S2. The zero-order valence-corrected chi connectivity index (χ0v) is 19.4. The smallest absolute Gasteiger partial charge is 0.240 e. The molecule has 1 aliphatic rings. The monoisotopic (exact) mass is 485 g/mol. The Balaban J connectivity index is 1.47. The summed E-state index contributed by atoms with van der Waals surface area (Å²) in [6.07, 6.45) is 0.709. The van der Waals surface area contributed by atoms with E-state index in [4.69, 9.17) is 11.6 Å². The fourth-order valence-electron chi connectivity index (χ4n) is 3.70. The SMILES string of the molecule is N#Cc1c(NC(=O)CS(=O)(=O)c2ccc(Cl)cc2)sc2c1CCN(Cc1ccccc1)C2. The Morgan fingerprint density at radius 2 is 1.88 bits per heavy atom. The third-order valence-corrected chi connectivity index (χ3v) is 8.26. The maximum Gasteiger partial charge on any atom is 0.240 e. The van der Waals surface area contributed by atoms with E-state index in [2.05, 4.69) is 28.4 Å². The van der Waals surface area contributed by atoms with Crippen LogP contribution in [-0.4, -0.2) is 31.5 Å². The number of hydrogen-bond donors (Lipinski definition) is 1. The highest BCUT2D eigenvalue weighted by Gasteiger charge is 2.26. The van der Waals surface area contributed by atoms with Crippen molar-refractivity contribution in [2.45, 2.75) is 24.4 Å². The van der Waals surface area contributed by atoms with Gasteiger partial charge in [0.15, 0.2) is 9.84 Å². The minimum Gasteiger partial charge on any atom is -0.316 e. The number of nitrogens with zero attached hydrogens (tertiary/aromatic N) is 2. The largest absolute Gasteiger partial charge is 0.316 e. The zero-order chi connectivity index (χ0) is 22.7. The second-order valence-electron chi connectivity index (χ2n) is 7.53. The Bertz CT molecular complexity index is 1280. The van der Waals surface area contributed by atoms with Gasteiger partial charge in [-0.05, 0) is 41.8 Å². The lowest BCUT2D eigenvalue weighted by Gasteiger charge is -2.26. The summed E-state index contributed by atoms with van der Waals surface area (Å²) in [7, 11) is -3.82. The molecule has 0 spiro atoms. The normalized spacial score (nSPS) is 13.9. The third kappa shape index (κ3) is 5.03. The van der Waals surface area contributed by atoms with Crippen molar-refractivity contribution in [2.75, 3.05) is 17.6 Å². The van der Waals surface area contributed by atoms with Gasteiger partial charge in [0.1, 0.15) is 16.8 Å². The first-order chi connectivity index (χ1) is 15.4. The minimum absolute atomic E-state index is 0.0274. The number of anilines is 1. The van der Waals surface area contributed by atoms with Gasteiger partial charge in [0.25, 0.3) is 0 Å². The summed E-state index contributed by atoms with van der Waals surface area (Å²) in [5.74, 6) is -1.38. The number of rotatable bonds is 6. The molecule has 0 fully saturated rings. The van der Waals surface area contributed by atoms with Crippen LogP contribution < -0.4 is 5.32 Å². The van der Waals surface area contributed by atoms with Crippen molar-refractivity contribution >= 4 is 43.7 Å². The van der Waals surface area contributed by atoms with Gasteiger partial charge in [-0.2, -0.15) is 5.26 Å². The van der Waals surface area contributed by atoms with Gasteiger partial charge < -0.3 is 5.32 Å². The number of halogens is 1. The van der Waals surface area contributed by atoms with Crippen molar-refractivity contribution in [2.24, 2.45) is 0 Å². The van der Waals surface area contributed by atoms with Gasteiger partial charge in [-0.3, -0.25) is 9.69 Å². The second-order valence-corrected chi connectivity index (χ2v) is 11.1. The third-order valence-electron chi connectivity index (χ3n) is 5.24. The Hall–Kier alpha value is -2.70. The molecule has 164 valence electrons. The van der Waals surface area contributed by atoms with Crippen molar-refractivity contribution < 1.29 is 13.2 Å². The molecular weight excluding hydrogens is 466 g/mol. The number of thiophene rings is 1. The zero-order valence-electron chi connectivity index (χ0n) is 17.0. The molecule has 1 aliphatic heterocycles. The van der Waals surface area contributed by atoms with Gasteiger partial charge in [-0.15, -0.1) is 11.3 Å². The van der Waals surface area contributed by atoms with Crippen LogP contribution in [0.15, 0.2) is 59.5 Å². The molecule has 0 aliphatic carbocycles. The molecule has 3 aromatic rings. The highest BCUT2D eigenvalue weighted by molar-refractivity contribution is 7.92. The van der Waals surface area contributed by atoms with Gasteiger partial charge >= 0.3 is 0 Å². The molecule has 4 rings (SSSR count). The fourth-order valence-corrected chi connectivity index (χ4v) is 6.22. The molecule has 2 aromatic carbocycles. The molecule has 0 saturated heterocycles. The molecule has 0 unspecified atom stereocenters. The van der Waals surface area contributed by atoms with E-state index in [0.717, 1.165) is 23.5 Å². The first-order valence-electron chi connectivity index (χ1n) is 9.95. The number of sulfone groups is 1. The number of fused-ring (bicyclic) bond motifs is 1. The Morgan fingerprint density at radius 3 is 2.56 bits per heavy atom. The number of carbonyl (C=O) groups excluding carboxylic acids is 1. The van der Waals surface area contributed by atoms with Gasteiger partial charge in [0, 0.05) is 29.5 Å². The fraction of sp³-hybridized carbons (Fsp3) is 0.217. The van der Waals surface area contributed by atoms with E-state index in [1.165, 1.54) is 41.2 Å². The van der Waals surface area contributed by atoms with Crippen LogP contribution in [0.5, 0.6) is 0 Å². The first-order valence-corrected chi connectivity index (χ1v) is 12.8. The molecule has 0 atom stereocenters. The van der Waals surface area contributed by atoms with Crippen LogP contribution in [0.25, 0.3) is 0 Å². The minimum atomic E-state index is -3.82. The van der Waals surface area contributed by atoms with Crippen molar-refractivity contribution in [3.05, 3.63) is 81.2 Å². The van der Waals surface area contributed by atoms with Crippen LogP contribution >= 0.6 is 22.9 Å². The second kappa shape index (κ2) is 9.43. The number of nitrogens with one attached hydrogen (secondary N) is 1. The summed E-state index contributed by atoms with van der Waals surface area (Å²) in [6.45, 7) is 2.30. The number of benzene rings is 2. The van der Waals surface area contributed by atoms with E-state index >= 15 is 0 Å². The first kappa shape index (κ1) is 22.5. The summed E-state index contributed by atoms with van der Waals surface area (Å²) in [4.78, 5) is 15.9. The van der Waals surface area contributed by atoms with E-state index < -0.39 is 21.5 Å². The number of hydrogen-bond acceptors (Lipinski definition) is 6. The Kier molecular flexibility index (Phi) is 6.63. The molecule has 0 saturated carbocycles. The summed E-state index contributed by atoms with van der Waals surface area (Å²) in [6, 6.07) is 18.0. The summed E-state index contributed by atoms with van der Waals surface area (Å²) < 4.78 is 25.1. The van der Waals surface area contributed by atoms with Gasteiger partial charge in [-0.25, -0.2) is 8.42 Å². The van der Waals surface area contributed by atoms with Gasteiger partial charge in [0.05, 0.1) is 10.5 Å². The molecule has 2 heterocycles. The van der Waals surface area contributed by atoms with Crippen molar-refractivity contribution in [1.29, 1.82) is 5.26 Å². The van der Waals surface area contributed by atoms with Crippen molar-refractivity contribution in [3.8, 4) is 6.07 Å². The number of amides is 1. The van der Waals surface area contributed by atoms with Crippen LogP contribution in [0.4, 0.5) is 5.00 Å². The van der Waals surface area contributed by atoms with Crippen LogP contribution in [-0.2, 0) is 34.1 Å². The molecule has 1 N–H and O–H groups in total. The maximum absolute atomic E-state index is 12.5. The molecule has 0 radical (unpaired) electrons. The number of carbonyl (C=O) groups is 1. The van der Waals surface area contributed by atoms with Crippen LogP contribution in [0.2, 0.25) is 5.02 Å². The van der Waals surface area contributed by atoms with Crippen molar-refractivity contribution in [3.63, 3.8) is 0 Å². The van der Waals surface area contributed by atoms with E-state index in [1.54, 1.807) is 0 Å². The molecule has 32 heavy (non-hydrogen) atoms. The molecule has 0 bridgehead atoms. The molecule has 6 nitrogen and oxygen atoms in total. The Morgan fingerprint density at radius 1 is 1.16 bits per heavy atom. The standard InChI is InChI=1S/C23H20ClN3O3S2/c24-17-6-8-18(9-7-17)32(29,30)15-22(28)26-23-20(12-25)19-10-11-27(14-21(19)31-23)13-16-4-2-1-3-5-16/h1-9H,10-11,13-15H2,(H,26,28). The van der Waals surface area contributed by atoms with E-state index in [-0.39, 0.29) is 4.90 Å². The van der Waals surface area contributed by atoms with Crippen LogP contribution in [0.3, 0.4) is 0 Å². The van der Waals surface area contributed by atoms with E-state index in [9.17, 15) is 18.5 Å². The van der Waals surface area contributed by atoms with E-state index in [1.807, 2.05) is 18.2 Å². The summed E-state index contributed by atoms with van der Waals surface area (Å²) >= 11 is 7.15. The highest BCUT2D eigenvalue weighted by atomic mass is 35.5. The van der Waals surface area contributed by atoms with Gasteiger partial charge in [0.2, 0.25) is 5.91 Å². The lowest BCUT2D eigenvalue weighted by Crippen LogP contribution is -2.29. The Labute approximate surface area is 196 Å². The van der Waals surface area contributed by atoms with E-state index in [0.29, 0.717) is 28.6 Å². The predicted molar refractivity (Wildman–Crippen MR) is 125 cm³/mol. The summed E-state index contributed by atoms with van der Waals surface area (Å²) in [5, 5.41) is 13.2. The van der Waals surface area contributed by atoms with Crippen molar-refractivity contribution in [1.82, 2.24) is 4.90 Å². The highest BCUT2D eigenvalue weighted by Crippen LogP contribution is 2.37. The quantitative estimate of drug-likeness (QED) is 0.563. The van der Waals surface area contributed by atoms with Crippen LogP contribution in [0, 0.1) is 11.3 Å². The predicted octanol–water partition coefficient (Wildman–Crippen LogP) is 4.24. The van der Waals surface area contributed by atoms with Crippen LogP contribution in [0.1, 0.15) is 21.6 Å². The maximum atomic E-state index is 12.5. The summed E-state index contributed by atoms with van der Waals surface area (Å²) in [5.41, 5.74) is 2.59. The average Bonchev–Trinajstić information content (AvgIpc) is 3.10. The lowest BCUT2D eigenvalue weighted by atomic mass is 10.0. The number of nitriles is 1. The molecule has 9 heteroatoms. The van der Waals surface area contributed by atoms with Gasteiger partial charge in [-0.1, -0.05) is 41.9 Å². The molecule has 1 amide bonds. The lowest BCUT2D eigenvalue weighted by molar-refractivity contribution is -0.113. The molecule has 1 aromatic heterocycles. The topological polar surface area (TPSA) is 90.3 Å².